The van der Waals surface area contributed by atoms with Crippen molar-refractivity contribution < 1.29 is 0 Å². The fraction of sp³-hybridized carbons (Fsp3) is 0.615. The molecule has 18 heavy (non-hydrogen) atoms. The lowest BCUT2D eigenvalue weighted by Crippen LogP contribution is -2.43. The molecule has 1 aliphatic carbocycles. The fourth-order valence-electron chi connectivity index (χ4n) is 2.36. The van der Waals surface area contributed by atoms with Crippen molar-refractivity contribution in [2.45, 2.75) is 51.6 Å². The van der Waals surface area contributed by atoms with Crippen LogP contribution >= 0.6 is 0 Å². The Labute approximate surface area is 107 Å². The van der Waals surface area contributed by atoms with Crippen molar-refractivity contribution in [2.24, 2.45) is 5.73 Å². The van der Waals surface area contributed by atoms with E-state index in [1.54, 1.807) is 0 Å². The minimum absolute atomic E-state index is 0.133. The van der Waals surface area contributed by atoms with Crippen molar-refractivity contribution >= 4 is 5.82 Å². The molecular weight excluding hydrogens is 226 g/mol. The molecule has 0 aromatic carbocycles. The Morgan fingerprint density at radius 1 is 1.28 bits per heavy atom. The molecule has 1 fully saturated rings. The van der Waals surface area contributed by atoms with Crippen LogP contribution in [-0.2, 0) is 0 Å². The minimum Gasteiger partial charge on any atom is -0.363 e. The van der Waals surface area contributed by atoms with Gasteiger partial charge >= 0.3 is 0 Å². The summed E-state index contributed by atoms with van der Waals surface area (Å²) in [4.78, 5) is 0. The Kier molecular flexibility index (Phi) is 3.78. The van der Waals surface area contributed by atoms with Gasteiger partial charge in [-0.25, -0.2) is 0 Å². The van der Waals surface area contributed by atoms with Crippen LogP contribution < -0.4 is 11.1 Å². The molecule has 0 aliphatic heterocycles. The Balaban J connectivity index is 2.24. The minimum atomic E-state index is 0.133. The zero-order valence-corrected chi connectivity index (χ0v) is 10.9. The van der Waals surface area contributed by atoms with Crippen LogP contribution in [0.1, 0.15) is 42.5 Å². The maximum absolute atomic E-state index is 9.23. The van der Waals surface area contributed by atoms with Crippen molar-refractivity contribution in [3.63, 3.8) is 0 Å². The van der Waals surface area contributed by atoms with E-state index in [1.165, 1.54) is 12.8 Å². The average molecular weight is 245 g/mol. The Morgan fingerprint density at radius 3 is 2.67 bits per heavy atom. The fourth-order valence-corrected chi connectivity index (χ4v) is 2.36. The average Bonchev–Trinajstić information content (AvgIpc) is 2.37. The molecule has 0 radical (unpaired) electrons. The quantitative estimate of drug-likeness (QED) is 0.827. The van der Waals surface area contributed by atoms with Crippen molar-refractivity contribution in [3.8, 4) is 6.07 Å². The molecule has 5 heteroatoms. The molecule has 3 N–H and O–H groups in total. The van der Waals surface area contributed by atoms with Gasteiger partial charge < -0.3 is 11.1 Å². The van der Waals surface area contributed by atoms with Gasteiger partial charge in [0.1, 0.15) is 11.6 Å². The summed E-state index contributed by atoms with van der Waals surface area (Å²) < 4.78 is 0. The standard InChI is InChI=1S/C13H19N5/c1-8-9(2)17-18-13(10(8)7-14)16-12-6-4-3-5-11(12)15/h11-12H,3-6,15H2,1-2H3,(H,16,18). The number of rotatable bonds is 2. The van der Waals surface area contributed by atoms with E-state index in [2.05, 4.69) is 21.6 Å². The molecule has 5 nitrogen and oxygen atoms in total. The van der Waals surface area contributed by atoms with E-state index in [-0.39, 0.29) is 12.1 Å². The van der Waals surface area contributed by atoms with Crippen molar-refractivity contribution in [3.05, 3.63) is 16.8 Å². The van der Waals surface area contributed by atoms with Gasteiger partial charge in [0.2, 0.25) is 0 Å². The summed E-state index contributed by atoms with van der Waals surface area (Å²) >= 11 is 0. The maximum atomic E-state index is 9.23. The van der Waals surface area contributed by atoms with Crippen LogP contribution in [0.15, 0.2) is 0 Å². The zero-order chi connectivity index (χ0) is 13.1. The Hall–Kier alpha value is -1.67. The van der Waals surface area contributed by atoms with Crippen LogP contribution in [-0.4, -0.2) is 22.3 Å². The number of aryl methyl sites for hydroxylation is 1. The number of nitrogens with one attached hydrogen (secondary N) is 1. The number of nitriles is 1. The number of nitrogens with two attached hydrogens (primary N) is 1. The second kappa shape index (κ2) is 5.32. The smallest absolute Gasteiger partial charge is 0.167 e. The zero-order valence-electron chi connectivity index (χ0n) is 10.9. The lowest BCUT2D eigenvalue weighted by Gasteiger charge is -2.29. The van der Waals surface area contributed by atoms with Crippen LogP contribution in [0.4, 0.5) is 5.82 Å². The molecule has 0 bridgehead atoms. The van der Waals surface area contributed by atoms with Crippen LogP contribution in [0.3, 0.4) is 0 Å². The summed E-state index contributed by atoms with van der Waals surface area (Å²) in [6.07, 6.45) is 4.41. The van der Waals surface area contributed by atoms with E-state index < -0.39 is 0 Å². The molecule has 0 spiro atoms. The van der Waals surface area contributed by atoms with Gasteiger partial charge in [0.25, 0.3) is 0 Å². The van der Waals surface area contributed by atoms with Crippen LogP contribution in [0.25, 0.3) is 0 Å². The lowest BCUT2D eigenvalue weighted by molar-refractivity contribution is 0.403. The van der Waals surface area contributed by atoms with Gasteiger partial charge in [-0.05, 0) is 32.3 Å². The second-order valence-corrected chi connectivity index (χ2v) is 4.94. The van der Waals surface area contributed by atoms with E-state index in [9.17, 15) is 5.26 Å². The highest BCUT2D eigenvalue weighted by atomic mass is 15.2. The molecule has 1 saturated carbocycles. The summed E-state index contributed by atoms with van der Waals surface area (Å²) in [6, 6.07) is 2.53. The molecular formula is C13H19N5. The summed E-state index contributed by atoms with van der Waals surface area (Å²) in [5.74, 6) is 0.572. The SMILES string of the molecule is Cc1nnc(NC2CCCCC2N)c(C#N)c1C. The van der Waals surface area contributed by atoms with E-state index in [0.29, 0.717) is 11.4 Å². The molecule has 1 aromatic rings. The number of aromatic nitrogens is 2. The van der Waals surface area contributed by atoms with E-state index in [1.807, 2.05) is 13.8 Å². The first kappa shape index (κ1) is 12.8. The molecule has 2 unspecified atom stereocenters. The third kappa shape index (κ3) is 2.44. The summed E-state index contributed by atoms with van der Waals surface area (Å²) in [5, 5.41) is 20.7. The van der Waals surface area contributed by atoms with Crippen molar-refractivity contribution in [2.75, 3.05) is 5.32 Å². The largest absolute Gasteiger partial charge is 0.363 e. The molecule has 2 atom stereocenters. The molecule has 1 heterocycles. The molecule has 1 aromatic heterocycles. The number of anilines is 1. The van der Waals surface area contributed by atoms with Crippen LogP contribution in [0, 0.1) is 25.2 Å². The summed E-state index contributed by atoms with van der Waals surface area (Å²) in [6.45, 7) is 3.76. The molecule has 0 amide bonds. The second-order valence-electron chi connectivity index (χ2n) is 4.94. The van der Waals surface area contributed by atoms with E-state index in [0.717, 1.165) is 24.1 Å². The van der Waals surface area contributed by atoms with Crippen LogP contribution in [0.5, 0.6) is 0 Å². The number of nitrogens with zero attached hydrogens (tertiary/aromatic N) is 3. The first-order valence-electron chi connectivity index (χ1n) is 6.39. The topological polar surface area (TPSA) is 87.6 Å². The summed E-state index contributed by atoms with van der Waals surface area (Å²) in [5.41, 5.74) is 8.36. The van der Waals surface area contributed by atoms with Crippen LogP contribution in [0.2, 0.25) is 0 Å². The van der Waals surface area contributed by atoms with E-state index in [4.69, 9.17) is 5.73 Å². The molecule has 2 rings (SSSR count). The Morgan fingerprint density at radius 2 is 2.00 bits per heavy atom. The maximum Gasteiger partial charge on any atom is 0.167 e. The molecule has 0 saturated heterocycles. The molecule has 1 aliphatic rings. The van der Waals surface area contributed by atoms with Gasteiger partial charge in [0.15, 0.2) is 5.82 Å². The number of hydrogen-bond acceptors (Lipinski definition) is 5. The van der Waals surface area contributed by atoms with Gasteiger partial charge in [0, 0.05) is 12.1 Å². The number of hydrogen-bond donors (Lipinski definition) is 2. The highest BCUT2D eigenvalue weighted by molar-refractivity contribution is 5.56. The monoisotopic (exact) mass is 245 g/mol. The van der Waals surface area contributed by atoms with Gasteiger partial charge in [-0.3, -0.25) is 0 Å². The normalized spacial score (nSPS) is 23.4. The first-order valence-corrected chi connectivity index (χ1v) is 6.39. The first-order chi connectivity index (χ1) is 8.63. The Bertz CT molecular complexity index is 477. The third-order valence-corrected chi connectivity index (χ3v) is 3.71. The summed E-state index contributed by atoms with van der Waals surface area (Å²) in [7, 11) is 0. The van der Waals surface area contributed by atoms with Gasteiger partial charge in [-0.2, -0.15) is 10.4 Å². The highest BCUT2D eigenvalue weighted by Crippen LogP contribution is 2.23. The van der Waals surface area contributed by atoms with Crippen molar-refractivity contribution in [1.82, 2.24) is 10.2 Å². The van der Waals surface area contributed by atoms with Gasteiger partial charge in [0.05, 0.1) is 5.69 Å². The van der Waals surface area contributed by atoms with E-state index >= 15 is 0 Å². The lowest BCUT2D eigenvalue weighted by atomic mass is 9.91. The molecule has 96 valence electrons. The third-order valence-electron chi connectivity index (χ3n) is 3.71. The highest BCUT2D eigenvalue weighted by Gasteiger charge is 2.23. The van der Waals surface area contributed by atoms with Gasteiger partial charge in [-0.1, -0.05) is 12.8 Å². The predicted molar refractivity (Wildman–Crippen MR) is 70.1 cm³/mol. The van der Waals surface area contributed by atoms with Crippen molar-refractivity contribution in [1.29, 1.82) is 5.26 Å². The van der Waals surface area contributed by atoms with Gasteiger partial charge in [-0.15, -0.1) is 5.10 Å². The predicted octanol–water partition coefficient (Wildman–Crippen LogP) is 1.65.